The highest BCUT2D eigenvalue weighted by molar-refractivity contribution is 5.85. The zero-order valence-corrected chi connectivity index (χ0v) is 21.1. The third kappa shape index (κ3) is 6.12. The average Bonchev–Trinajstić information content (AvgIpc) is 3.22. The largest absolute Gasteiger partial charge is 0.478 e. The van der Waals surface area contributed by atoms with E-state index in [4.69, 9.17) is 5.11 Å². The van der Waals surface area contributed by atoms with Crippen molar-refractivity contribution in [3.05, 3.63) is 93.8 Å². The number of rotatable bonds is 5. The highest BCUT2D eigenvalue weighted by atomic mass is 19.1. The van der Waals surface area contributed by atoms with Crippen LogP contribution in [0, 0.1) is 23.5 Å². The number of hydrogen-bond acceptors (Lipinski definition) is 3. The first-order valence-electron chi connectivity index (χ1n) is 11.9. The molecule has 5 nitrogen and oxygen atoms in total. The Hall–Kier alpha value is -3.83. The van der Waals surface area contributed by atoms with E-state index in [0.29, 0.717) is 12.0 Å². The Labute approximate surface area is 214 Å². The Bertz CT molecular complexity index is 1400. The van der Waals surface area contributed by atoms with Crippen molar-refractivity contribution in [1.29, 1.82) is 0 Å². The van der Waals surface area contributed by atoms with Crippen LogP contribution in [0.5, 0.6) is 0 Å². The molecule has 0 spiro atoms. The van der Waals surface area contributed by atoms with E-state index in [1.807, 2.05) is 20.0 Å². The van der Waals surface area contributed by atoms with Gasteiger partial charge in [-0.2, -0.15) is 5.10 Å². The molecule has 1 aromatic heterocycles. The minimum Gasteiger partial charge on any atom is -0.478 e. The van der Waals surface area contributed by atoms with Crippen molar-refractivity contribution in [2.75, 3.05) is 6.54 Å². The molecule has 2 aromatic carbocycles. The van der Waals surface area contributed by atoms with Gasteiger partial charge in [0.25, 0.3) is 0 Å². The number of benzene rings is 2. The van der Waals surface area contributed by atoms with Crippen LogP contribution in [-0.2, 0) is 18.3 Å². The Morgan fingerprint density at radius 2 is 1.86 bits per heavy atom. The molecule has 0 unspecified atom stereocenters. The normalized spacial score (nSPS) is 17.9. The molecule has 1 N–H and O–H groups in total. The molecule has 1 aliphatic heterocycles. The number of nitrogens with zero attached hydrogens (tertiary/aromatic N) is 3. The van der Waals surface area contributed by atoms with Crippen LogP contribution in [-0.4, -0.2) is 44.0 Å². The van der Waals surface area contributed by atoms with Gasteiger partial charge in [0.1, 0.15) is 17.3 Å². The van der Waals surface area contributed by atoms with E-state index in [1.54, 1.807) is 34.1 Å². The van der Waals surface area contributed by atoms with Gasteiger partial charge in [-0.25, -0.2) is 18.0 Å². The molecule has 37 heavy (non-hydrogen) atoms. The lowest BCUT2D eigenvalue weighted by Gasteiger charge is -2.44. The SMILES string of the molecule is C[C@@H]1Cc2cc(C#Cc3cnn(C)c3)ccc2[C@@H](c2c(F)cc(/C=C/C(=O)O)cc2F)N1CC(C)(C)F. The first-order chi connectivity index (χ1) is 17.4. The summed E-state index contributed by atoms with van der Waals surface area (Å²) < 4.78 is 47.5. The van der Waals surface area contributed by atoms with Crippen molar-refractivity contribution < 1.29 is 23.1 Å². The fourth-order valence-electron chi connectivity index (χ4n) is 4.76. The topological polar surface area (TPSA) is 58.4 Å². The molecule has 0 radical (unpaired) electrons. The van der Waals surface area contributed by atoms with Gasteiger partial charge in [0.15, 0.2) is 0 Å². The summed E-state index contributed by atoms with van der Waals surface area (Å²) in [7, 11) is 1.81. The summed E-state index contributed by atoms with van der Waals surface area (Å²) in [5, 5.41) is 13.0. The van der Waals surface area contributed by atoms with Crippen molar-refractivity contribution in [3.63, 3.8) is 0 Å². The fourth-order valence-corrected chi connectivity index (χ4v) is 4.76. The second-order valence-corrected chi connectivity index (χ2v) is 9.98. The summed E-state index contributed by atoms with van der Waals surface area (Å²) in [6.07, 6.45) is 5.98. The minimum absolute atomic E-state index is 0.0274. The molecule has 0 fully saturated rings. The molecule has 0 saturated carbocycles. The molecule has 0 amide bonds. The number of hydrogen-bond donors (Lipinski definition) is 1. The molecule has 3 aromatic rings. The van der Waals surface area contributed by atoms with Gasteiger partial charge in [-0.15, -0.1) is 0 Å². The number of aryl methyl sites for hydroxylation is 1. The van der Waals surface area contributed by atoms with Gasteiger partial charge in [0, 0.05) is 43.0 Å². The predicted octanol–water partition coefficient (Wildman–Crippen LogP) is 5.28. The first kappa shape index (κ1) is 26.2. The zero-order valence-electron chi connectivity index (χ0n) is 21.1. The smallest absolute Gasteiger partial charge is 0.328 e. The Morgan fingerprint density at radius 1 is 1.19 bits per heavy atom. The number of aliphatic carboxylic acids is 1. The number of fused-ring (bicyclic) bond motifs is 1. The van der Waals surface area contributed by atoms with Gasteiger partial charge >= 0.3 is 5.97 Å². The van der Waals surface area contributed by atoms with E-state index in [9.17, 15) is 9.18 Å². The van der Waals surface area contributed by atoms with Crippen molar-refractivity contribution >= 4 is 12.0 Å². The molecule has 0 bridgehead atoms. The number of alkyl halides is 1. The van der Waals surface area contributed by atoms with Crippen molar-refractivity contribution in [2.24, 2.45) is 7.05 Å². The maximum absolute atomic E-state index is 15.5. The summed E-state index contributed by atoms with van der Waals surface area (Å²) >= 11 is 0. The molecule has 8 heteroatoms. The van der Waals surface area contributed by atoms with E-state index < -0.39 is 29.3 Å². The summed E-state index contributed by atoms with van der Waals surface area (Å²) in [5.41, 5.74) is 1.38. The van der Waals surface area contributed by atoms with Crippen LogP contribution in [0.3, 0.4) is 0 Å². The number of carboxylic acid groups (broad SMARTS) is 1. The fraction of sp³-hybridized carbons (Fsp3) is 0.310. The molecule has 0 saturated heterocycles. The van der Waals surface area contributed by atoms with Crippen molar-refractivity contribution in [1.82, 2.24) is 14.7 Å². The van der Waals surface area contributed by atoms with Gasteiger partial charge in [-0.3, -0.25) is 9.58 Å². The highest BCUT2D eigenvalue weighted by Gasteiger charge is 2.39. The van der Waals surface area contributed by atoms with Gasteiger partial charge in [-0.1, -0.05) is 17.9 Å². The average molecular weight is 508 g/mol. The lowest BCUT2D eigenvalue weighted by atomic mass is 9.83. The van der Waals surface area contributed by atoms with Crippen LogP contribution in [0.15, 0.2) is 48.8 Å². The molecular formula is C29H28F3N3O2. The molecule has 1 aliphatic rings. The van der Waals surface area contributed by atoms with Gasteiger partial charge in [0.2, 0.25) is 0 Å². The Morgan fingerprint density at radius 3 is 2.46 bits per heavy atom. The molecule has 4 rings (SSSR count). The van der Waals surface area contributed by atoms with Gasteiger partial charge in [0.05, 0.1) is 17.8 Å². The van der Waals surface area contributed by atoms with E-state index in [2.05, 4.69) is 16.9 Å². The highest BCUT2D eigenvalue weighted by Crippen LogP contribution is 2.41. The lowest BCUT2D eigenvalue weighted by Crippen LogP contribution is -2.48. The number of aromatic nitrogens is 2. The third-order valence-corrected chi connectivity index (χ3v) is 6.26. The monoisotopic (exact) mass is 507 g/mol. The lowest BCUT2D eigenvalue weighted by molar-refractivity contribution is -0.131. The standard InChI is InChI=1S/C29H28F3N3O2/c1-18-11-22-12-19(5-6-21-15-33-34(4)16-21)7-9-23(22)28(35(18)17-29(2,3)32)27-24(30)13-20(14-25(27)31)8-10-26(36)37/h7-10,12-16,18,28H,11,17H2,1-4H3,(H,36,37)/b10-8+/t18-,28+/m1/s1. The van der Waals surface area contributed by atoms with E-state index in [-0.39, 0.29) is 23.7 Å². The van der Waals surface area contributed by atoms with E-state index in [0.717, 1.165) is 41.0 Å². The number of carboxylic acids is 1. The van der Waals surface area contributed by atoms with Crippen molar-refractivity contribution in [2.45, 2.75) is 44.9 Å². The van der Waals surface area contributed by atoms with Crippen LogP contribution in [0.2, 0.25) is 0 Å². The van der Waals surface area contributed by atoms with E-state index in [1.165, 1.54) is 13.8 Å². The Balaban J connectivity index is 1.81. The first-order valence-corrected chi connectivity index (χ1v) is 11.9. The molecule has 2 heterocycles. The zero-order chi connectivity index (χ0) is 26.9. The Kier molecular flexibility index (Phi) is 7.28. The van der Waals surface area contributed by atoms with E-state index >= 15 is 8.78 Å². The van der Waals surface area contributed by atoms with Crippen LogP contribution in [0.25, 0.3) is 6.08 Å². The maximum Gasteiger partial charge on any atom is 0.328 e. The molecule has 2 atom stereocenters. The second kappa shape index (κ2) is 10.3. The third-order valence-electron chi connectivity index (χ3n) is 6.26. The minimum atomic E-state index is -1.60. The van der Waals surface area contributed by atoms with Crippen molar-refractivity contribution in [3.8, 4) is 11.8 Å². The number of halogens is 3. The van der Waals surface area contributed by atoms with Crippen LogP contribution < -0.4 is 0 Å². The quantitative estimate of drug-likeness (QED) is 0.377. The maximum atomic E-state index is 15.5. The molecule has 192 valence electrons. The predicted molar refractivity (Wildman–Crippen MR) is 136 cm³/mol. The molecule has 0 aliphatic carbocycles. The van der Waals surface area contributed by atoms with Crippen LogP contribution in [0.1, 0.15) is 60.2 Å². The summed E-state index contributed by atoms with van der Waals surface area (Å²) in [5.74, 6) is 3.31. The second-order valence-electron chi connectivity index (χ2n) is 9.98. The number of carbonyl (C=O) groups is 1. The molecular weight excluding hydrogens is 479 g/mol. The van der Waals surface area contributed by atoms with Gasteiger partial charge in [-0.05, 0) is 74.2 Å². The summed E-state index contributed by atoms with van der Waals surface area (Å²) in [6.45, 7) is 4.77. The summed E-state index contributed by atoms with van der Waals surface area (Å²) in [4.78, 5) is 12.6. The van der Waals surface area contributed by atoms with Crippen LogP contribution in [0.4, 0.5) is 13.2 Å². The van der Waals surface area contributed by atoms with Gasteiger partial charge < -0.3 is 5.11 Å². The summed E-state index contributed by atoms with van der Waals surface area (Å²) in [6, 6.07) is 6.64. The van der Waals surface area contributed by atoms with Crippen LogP contribution >= 0.6 is 0 Å².